The standard InChI is InChI=1S/C48H32N2OS/c1-4-13-33(14-5-1)34-23-25-37(26-24-34)49(35-15-6-2-7-16-35)38-28-30-42-45(31-38)51-44-21-12-20-43(48(42)44)50(36-17-8-3-9-18-36)39-27-29-41-40-19-10-11-22-46(40)52-47(41)32-39/h1-32H. The highest BCUT2D eigenvalue weighted by Gasteiger charge is 2.21. The van der Waals surface area contributed by atoms with E-state index in [2.05, 4.69) is 204 Å². The van der Waals surface area contributed by atoms with Crippen molar-refractivity contribution in [1.82, 2.24) is 0 Å². The SMILES string of the molecule is c1ccc(-c2ccc(N(c3ccccc3)c3ccc4c(c3)oc3cccc(N(c5ccccc5)c5ccc6c(c5)sc5ccccc56)c34)cc2)cc1. The number of hydrogen-bond donors (Lipinski definition) is 0. The minimum Gasteiger partial charge on any atom is -0.456 e. The van der Waals surface area contributed by atoms with Crippen molar-refractivity contribution in [3.05, 3.63) is 194 Å². The second kappa shape index (κ2) is 12.6. The van der Waals surface area contributed by atoms with E-state index >= 15 is 0 Å². The third-order valence-electron chi connectivity index (χ3n) is 9.84. The largest absolute Gasteiger partial charge is 0.456 e. The molecule has 0 bridgehead atoms. The molecule has 0 spiro atoms. The number of thiophene rings is 1. The van der Waals surface area contributed by atoms with E-state index in [0.717, 1.165) is 56.1 Å². The zero-order chi connectivity index (χ0) is 34.4. The molecular weight excluding hydrogens is 653 g/mol. The molecule has 0 aliphatic heterocycles. The fourth-order valence-electron chi connectivity index (χ4n) is 7.44. The molecule has 52 heavy (non-hydrogen) atoms. The van der Waals surface area contributed by atoms with E-state index in [-0.39, 0.29) is 0 Å². The smallest absolute Gasteiger partial charge is 0.137 e. The molecule has 0 amide bonds. The average Bonchev–Trinajstić information content (AvgIpc) is 3.78. The first kappa shape index (κ1) is 30.2. The second-order valence-electron chi connectivity index (χ2n) is 13.0. The zero-order valence-corrected chi connectivity index (χ0v) is 29.0. The lowest BCUT2D eigenvalue weighted by Gasteiger charge is -2.26. The second-order valence-corrected chi connectivity index (χ2v) is 14.1. The highest BCUT2D eigenvalue weighted by atomic mass is 32.1. The quantitative estimate of drug-likeness (QED) is 0.167. The lowest BCUT2D eigenvalue weighted by atomic mass is 10.0. The molecule has 3 nitrogen and oxygen atoms in total. The van der Waals surface area contributed by atoms with E-state index in [1.54, 1.807) is 0 Å². The number of anilines is 6. The molecule has 0 aliphatic rings. The highest BCUT2D eigenvalue weighted by Crippen LogP contribution is 2.46. The summed E-state index contributed by atoms with van der Waals surface area (Å²) in [5.74, 6) is 0. The normalized spacial score (nSPS) is 11.5. The Morgan fingerprint density at radius 2 is 0.904 bits per heavy atom. The maximum absolute atomic E-state index is 6.71. The van der Waals surface area contributed by atoms with Gasteiger partial charge in [-0.15, -0.1) is 11.3 Å². The molecule has 10 rings (SSSR count). The summed E-state index contributed by atoms with van der Waals surface area (Å²) in [5.41, 5.74) is 10.6. The van der Waals surface area contributed by atoms with Gasteiger partial charge in [-0.2, -0.15) is 0 Å². The monoisotopic (exact) mass is 684 g/mol. The Labute approximate surface area is 305 Å². The van der Waals surface area contributed by atoms with Crippen LogP contribution in [0.5, 0.6) is 0 Å². The van der Waals surface area contributed by atoms with Crippen molar-refractivity contribution in [3.8, 4) is 11.1 Å². The summed E-state index contributed by atoms with van der Waals surface area (Å²) in [6.45, 7) is 0. The fraction of sp³-hybridized carbons (Fsp3) is 0. The van der Waals surface area contributed by atoms with Crippen LogP contribution in [-0.4, -0.2) is 0 Å². The van der Waals surface area contributed by atoms with Crippen molar-refractivity contribution in [3.63, 3.8) is 0 Å². The van der Waals surface area contributed by atoms with Crippen LogP contribution < -0.4 is 9.80 Å². The minimum absolute atomic E-state index is 0.842. The number of para-hydroxylation sites is 2. The van der Waals surface area contributed by atoms with Crippen LogP contribution in [0.15, 0.2) is 199 Å². The summed E-state index contributed by atoms with van der Waals surface area (Å²) in [6.07, 6.45) is 0. The van der Waals surface area contributed by atoms with E-state index in [0.29, 0.717) is 0 Å². The van der Waals surface area contributed by atoms with E-state index < -0.39 is 0 Å². The van der Waals surface area contributed by atoms with Gasteiger partial charge in [0.1, 0.15) is 11.2 Å². The Morgan fingerprint density at radius 1 is 0.346 bits per heavy atom. The Balaban J connectivity index is 1.12. The van der Waals surface area contributed by atoms with Crippen LogP contribution in [0.1, 0.15) is 0 Å². The van der Waals surface area contributed by atoms with Gasteiger partial charge in [0, 0.05) is 60.1 Å². The van der Waals surface area contributed by atoms with Gasteiger partial charge in [-0.25, -0.2) is 0 Å². The molecule has 0 unspecified atom stereocenters. The molecule has 2 aromatic heterocycles. The highest BCUT2D eigenvalue weighted by molar-refractivity contribution is 7.25. The maximum Gasteiger partial charge on any atom is 0.137 e. The van der Waals surface area contributed by atoms with Gasteiger partial charge in [0.2, 0.25) is 0 Å². The topological polar surface area (TPSA) is 19.6 Å². The molecule has 4 heteroatoms. The number of furan rings is 1. The number of rotatable bonds is 7. The molecule has 0 radical (unpaired) electrons. The van der Waals surface area contributed by atoms with Gasteiger partial charge in [0.25, 0.3) is 0 Å². The van der Waals surface area contributed by atoms with Crippen LogP contribution in [0, 0.1) is 0 Å². The van der Waals surface area contributed by atoms with Crippen molar-refractivity contribution in [2.45, 2.75) is 0 Å². The summed E-state index contributed by atoms with van der Waals surface area (Å²) in [5, 5.41) is 4.75. The van der Waals surface area contributed by atoms with E-state index in [1.807, 2.05) is 11.3 Å². The summed E-state index contributed by atoms with van der Waals surface area (Å²) in [6, 6.07) is 68.9. The first-order valence-corrected chi connectivity index (χ1v) is 18.3. The molecule has 8 aromatic carbocycles. The molecule has 0 saturated heterocycles. The van der Waals surface area contributed by atoms with Gasteiger partial charge < -0.3 is 14.2 Å². The van der Waals surface area contributed by atoms with Gasteiger partial charge in [0.15, 0.2) is 0 Å². The lowest BCUT2D eigenvalue weighted by Crippen LogP contribution is -2.10. The fourth-order valence-corrected chi connectivity index (χ4v) is 8.58. The number of fused-ring (bicyclic) bond motifs is 6. The Bertz CT molecular complexity index is 2840. The molecule has 246 valence electrons. The van der Waals surface area contributed by atoms with Crippen LogP contribution in [0.3, 0.4) is 0 Å². The van der Waals surface area contributed by atoms with Gasteiger partial charge in [-0.3, -0.25) is 0 Å². The van der Waals surface area contributed by atoms with E-state index in [9.17, 15) is 0 Å². The molecular formula is C48H32N2OS. The zero-order valence-electron chi connectivity index (χ0n) is 28.2. The van der Waals surface area contributed by atoms with Crippen LogP contribution >= 0.6 is 11.3 Å². The first-order valence-electron chi connectivity index (χ1n) is 17.5. The van der Waals surface area contributed by atoms with Gasteiger partial charge in [-0.05, 0) is 90.0 Å². The van der Waals surface area contributed by atoms with Crippen molar-refractivity contribution < 1.29 is 4.42 Å². The number of nitrogens with zero attached hydrogens (tertiary/aromatic N) is 2. The van der Waals surface area contributed by atoms with Crippen LogP contribution in [0.25, 0.3) is 53.2 Å². The molecule has 0 atom stereocenters. The van der Waals surface area contributed by atoms with Crippen LogP contribution in [0.2, 0.25) is 0 Å². The summed E-state index contributed by atoms with van der Waals surface area (Å²) in [4.78, 5) is 4.65. The van der Waals surface area contributed by atoms with Crippen LogP contribution in [0.4, 0.5) is 34.1 Å². The Morgan fingerprint density at radius 3 is 1.65 bits per heavy atom. The van der Waals surface area contributed by atoms with E-state index in [1.165, 1.54) is 31.3 Å². The molecule has 0 aliphatic carbocycles. The van der Waals surface area contributed by atoms with Gasteiger partial charge in [0.05, 0.1) is 11.1 Å². The third kappa shape index (κ3) is 5.20. The van der Waals surface area contributed by atoms with Crippen LogP contribution in [-0.2, 0) is 0 Å². The van der Waals surface area contributed by atoms with E-state index in [4.69, 9.17) is 4.42 Å². The first-order chi connectivity index (χ1) is 25.8. The molecule has 0 N–H and O–H groups in total. The lowest BCUT2D eigenvalue weighted by molar-refractivity contribution is 0.669. The third-order valence-corrected chi connectivity index (χ3v) is 11.0. The minimum atomic E-state index is 0.842. The summed E-state index contributed by atoms with van der Waals surface area (Å²) in [7, 11) is 0. The maximum atomic E-state index is 6.71. The van der Waals surface area contributed by atoms with Gasteiger partial charge >= 0.3 is 0 Å². The summed E-state index contributed by atoms with van der Waals surface area (Å²) < 4.78 is 9.29. The number of benzene rings is 8. The predicted octanol–water partition coefficient (Wildman–Crippen LogP) is 14.6. The summed E-state index contributed by atoms with van der Waals surface area (Å²) >= 11 is 1.84. The molecule has 10 aromatic rings. The number of hydrogen-bond acceptors (Lipinski definition) is 4. The Kier molecular flexibility index (Phi) is 7.33. The predicted molar refractivity (Wildman–Crippen MR) is 221 cm³/mol. The molecule has 0 saturated carbocycles. The molecule has 2 heterocycles. The molecule has 0 fully saturated rings. The van der Waals surface area contributed by atoms with Crippen molar-refractivity contribution in [2.24, 2.45) is 0 Å². The Hall–Kier alpha value is -6.62. The van der Waals surface area contributed by atoms with Crippen molar-refractivity contribution in [1.29, 1.82) is 0 Å². The van der Waals surface area contributed by atoms with Crippen molar-refractivity contribution in [2.75, 3.05) is 9.80 Å². The van der Waals surface area contributed by atoms with Gasteiger partial charge in [-0.1, -0.05) is 109 Å². The van der Waals surface area contributed by atoms with Crippen molar-refractivity contribution >= 4 is 87.6 Å². The average molecular weight is 685 g/mol.